The second-order valence-electron chi connectivity index (χ2n) is 7.43. The zero-order chi connectivity index (χ0) is 24.2. The van der Waals surface area contributed by atoms with E-state index < -0.39 is 0 Å². The van der Waals surface area contributed by atoms with Crippen LogP contribution in [0, 0.1) is 0 Å². The minimum absolute atomic E-state index is 0.0211. The minimum Gasteiger partial charge on any atom is -0.507 e. The maximum absolute atomic E-state index is 11.2. The number of hydrogen-bond donors (Lipinski definition) is 2. The summed E-state index contributed by atoms with van der Waals surface area (Å²) in [4.78, 5) is 0. The summed E-state index contributed by atoms with van der Waals surface area (Å²) in [7, 11) is 0. The van der Waals surface area contributed by atoms with Crippen molar-refractivity contribution in [3.8, 4) is 34.1 Å². The zero-order valence-electron chi connectivity index (χ0n) is 18.7. The van der Waals surface area contributed by atoms with Gasteiger partial charge in [-0.05, 0) is 62.4 Å². The van der Waals surface area contributed by atoms with Crippen molar-refractivity contribution in [1.82, 2.24) is 0 Å². The Kier molecular flexibility index (Phi) is 7.54. The molecule has 4 rings (SSSR count). The molecule has 6 nitrogen and oxygen atoms in total. The predicted octanol–water partition coefficient (Wildman–Crippen LogP) is 7.12. The summed E-state index contributed by atoms with van der Waals surface area (Å²) >= 11 is 12.4. The van der Waals surface area contributed by atoms with E-state index in [1.165, 1.54) is 0 Å². The Morgan fingerprint density at radius 3 is 1.41 bits per heavy atom. The summed E-state index contributed by atoms with van der Waals surface area (Å²) in [5.74, 6) is 0.835. The number of rotatable bonds is 9. The molecule has 0 unspecified atom stereocenters. The van der Waals surface area contributed by atoms with Crippen molar-refractivity contribution in [1.29, 1.82) is 0 Å². The van der Waals surface area contributed by atoms with Gasteiger partial charge in [0.15, 0.2) is 13.6 Å². The Morgan fingerprint density at radius 1 is 0.618 bits per heavy atom. The van der Waals surface area contributed by atoms with Crippen molar-refractivity contribution in [2.75, 3.05) is 26.8 Å². The van der Waals surface area contributed by atoms with Gasteiger partial charge in [-0.25, -0.2) is 0 Å². The highest BCUT2D eigenvalue weighted by Gasteiger charge is 2.21. The van der Waals surface area contributed by atoms with E-state index in [4.69, 9.17) is 42.1 Å². The number of phenols is 2. The van der Waals surface area contributed by atoms with Gasteiger partial charge in [0.05, 0.1) is 0 Å². The molecule has 0 radical (unpaired) electrons. The van der Waals surface area contributed by atoms with Crippen LogP contribution in [0.15, 0.2) is 48.5 Å². The predicted molar refractivity (Wildman–Crippen MR) is 134 cm³/mol. The fourth-order valence-electron chi connectivity index (χ4n) is 3.72. The van der Waals surface area contributed by atoms with E-state index in [2.05, 4.69) is 0 Å². The quantitative estimate of drug-likeness (QED) is 0.187. The SMILES string of the molecule is CCOCOc1cc(-c2cc(OCOCC)c3cc(Cl)ccc3c2O)c(O)c2ccc(Cl)cc12. The van der Waals surface area contributed by atoms with Crippen molar-refractivity contribution in [2.45, 2.75) is 13.8 Å². The molecule has 0 amide bonds. The van der Waals surface area contributed by atoms with Crippen LogP contribution in [0.25, 0.3) is 32.7 Å². The van der Waals surface area contributed by atoms with Crippen molar-refractivity contribution < 1.29 is 29.2 Å². The van der Waals surface area contributed by atoms with Crippen LogP contribution >= 0.6 is 23.2 Å². The van der Waals surface area contributed by atoms with Crippen molar-refractivity contribution in [3.63, 3.8) is 0 Å². The molecular weight excluding hydrogens is 479 g/mol. The summed E-state index contributed by atoms with van der Waals surface area (Å²) in [5.41, 5.74) is 0.717. The van der Waals surface area contributed by atoms with Gasteiger partial charge in [0.2, 0.25) is 0 Å². The second-order valence-corrected chi connectivity index (χ2v) is 8.30. The number of benzene rings is 4. The lowest BCUT2D eigenvalue weighted by atomic mass is 9.95. The number of hydrogen-bond acceptors (Lipinski definition) is 6. The summed E-state index contributed by atoms with van der Waals surface area (Å²) in [6.07, 6.45) is 0. The van der Waals surface area contributed by atoms with Crippen LogP contribution in [0.4, 0.5) is 0 Å². The van der Waals surface area contributed by atoms with Crippen LogP contribution in [0.5, 0.6) is 23.0 Å². The first-order chi connectivity index (χ1) is 16.4. The van der Waals surface area contributed by atoms with Gasteiger partial charge in [0.1, 0.15) is 23.0 Å². The molecule has 34 heavy (non-hydrogen) atoms. The standard InChI is InChI=1S/C26H24Cl2O6/c1-3-31-13-33-23-11-21(25(29)17-7-5-15(27)9-19(17)23)22-12-24(34-14-32-4-2)20-10-16(28)6-8-18(20)26(22)30/h5-12,29-30H,3-4,13-14H2,1-2H3. The van der Waals surface area contributed by atoms with Crippen molar-refractivity contribution in [3.05, 3.63) is 58.6 Å². The molecule has 0 aliphatic carbocycles. The first-order valence-corrected chi connectivity index (χ1v) is 11.5. The molecule has 178 valence electrons. The maximum atomic E-state index is 11.2. The maximum Gasteiger partial charge on any atom is 0.189 e. The average molecular weight is 503 g/mol. The Labute approximate surface area is 207 Å². The molecule has 0 bridgehead atoms. The Balaban J connectivity index is 1.95. The number of phenolic OH excluding ortho intramolecular Hbond substituents is 2. The summed E-state index contributed by atoms with van der Waals surface area (Å²) < 4.78 is 22.4. The van der Waals surface area contributed by atoms with Gasteiger partial charge in [-0.1, -0.05) is 23.2 Å². The van der Waals surface area contributed by atoms with E-state index in [0.717, 1.165) is 0 Å². The molecule has 0 atom stereocenters. The van der Waals surface area contributed by atoms with E-state index in [0.29, 0.717) is 67.4 Å². The Hall–Kier alpha value is -2.90. The number of halogens is 2. The molecule has 2 N–H and O–H groups in total. The largest absolute Gasteiger partial charge is 0.507 e. The van der Waals surface area contributed by atoms with Gasteiger partial charge in [-0.2, -0.15) is 0 Å². The van der Waals surface area contributed by atoms with E-state index in [1.807, 2.05) is 13.8 Å². The normalized spacial score (nSPS) is 11.3. The fourth-order valence-corrected chi connectivity index (χ4v) is 4.07. The third-order valence-corrected chi connectivity index (χ3v) is 5.83. The highest BCUT2D eigenvalue weighted by atomic mass is 35.5. The second kappa shape index (κ2) is 10.6. The van der Waals surface area contributed by atoms with Gasteiger partial charge in [-0.3, -0.25) is 0 Å². The molecule has 0 saturated carbocycles. The topological polar surface area (TPSA) is 77.4 Å². The van der Waals surface area contributed by atoms with Crippen LogP contribution in [-0.4, -0.2) is 37.0 Å². The van der Waals surface area contributed by atoms with E-state index in [1.54, 1.807) is 48.5 Å². The van der Waals surface area contributed by atoms with E-state index in [9.17, 15) is 10.2 Å². The molecule has 0 aliphatic rings. The lowest BCUT2D eigenvalue weighted by Crippen LogP contribution is -2.03. The fraction of sp³-hybridized carbons (Fsp3) is 0.231. The van der Waals surface area contributed by atoms with Crippen LogP contribution in [-0.2, 0) is 9.47 Å². The molecule has 0 aromatic heterocycles. The van der Waals surface area contributed by atoms with Crippen LogP contribution in [0.3, 0.4) is 0 Å². The first-order valence-electron chi connectivity index (χ1n) is 10.8. The lowest BCUT2D eigenvalue weighted by Gasteiger charge is -2.18. The minimum atomic E-state index is -0.0326. The van der Waals surface area contributed by atoms with Crippen molar-refractivity contribution in [2.24, 2.45) is 0 Å². The van der Waals surface area contributed by atoms with Crippen molar-refractivity contribution >= 4 is 44.7 Å². The van der Waals surface area contributed by atoms with Gasteiger partial charge in [0.25, 0.3) is 0 Å². The molecular formula is C26H24Cl2O6. The number of aromatic hydroxyl groups is 2. The lowest BCUT2D eigenvalue weighted by molar-refractivity contribution is 0.0230. The molecule has 4 aromatic carbocycles. The van der Waals surface area contributed by atoms with Gasteiger partial charge in [0, 0.05) is 55.9 Å². The molecule has 4 aromatic rings. The van der Waals surface area contributed by atoms with Gasteiger partial charge in [-0.15, -0.1) is 0 Å². The molecule has 0 fully saturated rings. The highest BCUT2D eigenvalue weighted by molar-refractivity contribution is 6.32. The molecule has 8 heteroatoms. The highest BCUT2D eigenvalue weighted by Crippen LogP contribution is 2.48. The first kappa shape index (κ1) is 24.2. The summed E-state index contributed by atoms with van der Waals surface area (Å²) in [6.45, 7) is 4.74. The summed E-state index contributed by atoms with van der Waals surface area (Å²) in [5, 5.41) is 25.7. The molecule has 0 aliphatic heterocycles. The van der Waals surface area contributed by atoms with E-state index in [-0.39, 0.29) is 25.1 Å². The summed E-state index contributed by atoms with van der Waals surface area (Å²) in [6, 6.07) is 13.5. The van der Waals surface area contributed by atoms with E-state index >= 15 is 0 Å². The van der Waals surface area contributed by atoms with Crippen LogP contribution in [0.1, 0.15) is 13.8 Å². The van der Waals surface area contributed by atoms with Gasteiger partial charge >= 0.3 is 0 Å². The third kappa shape index (κ3) is 4.81. The third-order valence-electron chi connectivity index (χ3n) is 5.36. The van der Waals surface area contributed by atoms with Crippen LogP contribution < -0.4 is 9.47 Å². The van der Waals surface area contributed by atoms with Gasteiger partial charge < -0.3 is 29.2 Å². The number of fused-ring (bicyclic) bond motifs is 2. The molecule has 0 spiro atoms. The Bertz CT molecular complexity index is 1240. The molecule has 0 heterocycles. The average Bonchev–Trinajstić information content (AvgIpc) is 2.82. The number of ether oxygens (including phenoxy) is 4. The molecule has 0 saturated heterocycles. The monoisotopic (exact) mass is 502 g/mol. The zero-order valence-corrected chi connectivity index (χ0v) is 20.2. The Morgan fingerprint density at radius 2 is 1.03 bits per heavy atom. The van der Waals surface area contributed by atoms with Crippen LogP contribution in [0.2, 0.25) is 10.0 Å². The smallest absolute Gasteiger partial charge is 0.189 e.